The molecule has 4 heterocycles. The topological polar surface area (TPSA) is 524 Å². The van der Waals surface area contributed by atoms with Gasteiger partial charge >= 0.3 is 0 Å². The Balaban J connectivity index is 1.44. The van der Waals surface area contributed by atoms with E-state index in [2.05, 4.69) is 31.9 Å². The Kier molecular flexibility index (Phi) is 34.1. The number of carbonyl (C=O) groups excluding carboxylic acids is 6. The maximum Gasteiger partial charge on any atom is 0.237 e. The summed E-state index contributed by atoms with van der Waals surface area (Å²) in [5, 5.41) is 138. The number of unbranched alkanes of at least 4 members (excludes halogenated alkanes) is 3. The largest absolute Gasteiger partial charge is 0.388 e. The standard InChI is InChI=1S/C53H97N9O26/c1-27-37(68)41(72)45(76)50(85-27)81-18-14-57-34(65)24-61(22-32(63)55-12-8-5-7-11-54)23-33(64)56-13-9-6-10-31(49(80)60-17-21-84-53-48(79)44(75)40(71)30(4)88-53)62(25-35(66)58-15-19-82-51-46(77)42(73)38(69)28(2)86-51)26-36(67)59-16-20-83-52-47(78)43(74)39(70)29(3)87-52/h27-31,37-48,50-53,68-79H,5-26,54H2,1-4H3,(H,55,63)(H,56,64)(H,57,65)(H,58,66)(H,59,67)(H,60,80)/t27-,28+,29+,30+,31+,37+,38-,39-,40-,41+,42-,43-,44-,45-,46+,47+,48+,50+,51-,52-,53-/m1/s1. The summed E-state index contributed by atoms with van der Waals surface area (Å²) < 4.78 is 43.9. The molecule has 0 radical (unpaired) electrons. The molecule has 35 nitrogen and oxygen atoms in total. The van der Waals surface area contributed by atoms with Crippen LogP contribution in [0.25, 0.3) is 0 Å². The average Bonchev–Trinajstić information content (AvgIpc) is 3.12. The molecule has 4 rings (SSSR count). The van der Waals surface area contributed by atoms with Crippen LogP contribution in [-0.2, 0) is 66.7 Å². The highest BCUT2D eigenvalue weighted by Gasteiger charge is 2.46. The molecule has 4 aliphatic heterocycles. The zero-order valence-electron chi connectivity index (χ0n) is 50.2. The molecule has 0 spiro atoms. The molecule has 0 aliphatic carbocycles. The Morgan fingerprint density at radius 3 is 0.977 bits per heavy atom. The van der Waals surface area contributed by atoms with E-state index in [1.54, 1.807) is 0 Å². The number of aliphatic hydroxyl groups excluding tert-OH is 12. The van der Waals surface area contributed by atoms with Crippen LogP contribution in [0.3, 0.4) is 0 Å². The Bertz CT molecular complexity index is 2050. The zero-order valence-corrected chi connectivity index (χ0v) is 50.2. The van der Waals surface area contributed by atoms with Crippen molar-refractivity contribution in [3.8, 4) is 0 Å². The van der Waals surface area contributed by atoms with E-state index in [0.29, 0.717) is 19.5 Å². The summed E-state index contributed by atoms with van der Waals surface area (Å²) in [7, 11) is 0. The number of nitrogens with zero attached hydrogens (tertiary/aromatic N) is 2. The van der Waals surface area contributed by atoms with Crippen molar-refractivity contribution in [2.75, 3.05) is 105 Å². The first kappa shape index (κ1) is 76.4. The van der Waals surface area contributed by atoms with Gasteiger partial charge < -0.3 is 137 Å². The number of carbonyl (C=O) groups is 6. The van der Waals surface area contributed by atoms with Crippen LogP contribution in [0.2, 0.25) is 0 Å². The highest BCUT2D eigenvalue weighted by Crippen LogP contribution is 2.25. The number of rotatable bonds is 38. The molecule has 4 saturated heterocycles. The minimum Gasteiger partial charge on any atom is -0.388 e. The van der Waals surface area contributed by atoms with Gasteiger partial charge in [-0.05, 0) is 66.3 Å². The quantitative estimate of drug-likeness (QED) is 0.0255. The van der Waals surface area contributed by atoms with Crippen LogP contribution in [0.1, 0.15) is 66.2 Å². The Morgan fingerprint density at radius 1 is 0.375 bits per heavy atom. The lowest BCUT2D eigenvalue weighted by atomic mass is 10.0. The molecule has 0 aromatic heterocycles. The summed E-state index contributed by atoms with van der Waals surface area (Å²) >= 11 is 0. The van der Waals surface area contributed by atoms with Gasteiger partial charge in [0.25, 0.3) is 0 Å². The van der Waals surface area contributed by atoms with Crippen molar-refractivity contribution in [3.63, 3.8) is 0 Å². The molecular weight excluding hydrogens is 1180 g/mol. The second-order valence-electron chi connectivity index (χ2n) is 22.2. The van der Waals surface area contributed by atoms with Gasteiger partial charge in [0.1, 0.15) is 73.2 Å². The summed E-state index contributed by atoms with van der Waals surface area (Å²) in [6.45, 7) is 2.45. The molecule has 0 bridgehead atoms. The lowest BCUT2D eigenvalue weighted by Gasteiger charge is -2.39. The minimum atomic E-state index is -1.65. The van der Waals surface area contributed by atoms with Crippen molar-refractivity contribution in [2.24, 2.45) is 5.73 Å². The van der Waals surface area contributed by atoms with Crippen LogP contribution >= 0.6 is 0 Å². The predicted octanol–water partition coefficient (Wildman–Crippen LogP) is -10.7. The van der Waals surface area contributed by atoms with Crippen LogP contribution in [0.5, 0.6) is 0 Å². The zero-order chi connectivity index (χ0) is 65.2. The third kappa shape index (κ3) is 24.8. The molecule has 510 valence electrons. The van der Waals surface area contributed by atoms with E-state index >= 15 is 0 Å². The Hall–Kier alpha value is -4.10. The summed E-state index contributed by atoms with van der Waals surface area (Å²) in [5.74, 6) is -3.84. The van der Waals surface area contributed by atoms with Crippen molar-refractivity contribution >= 4 is 35.4 Å². The lowest BCUT2D eigenvalue weighted by Crippen LogP contribution is -2.58. The van der Waals surface area contributed by atoms with Gasteiger partial charge in [-0.15, -0.1) is 0 Å². The van der Waals surface area contributed by atoms with Crippen molar-refractivity contribution in [3.05, 3.63) is 0 Å². The van der Waals surface area contributed by atoms with Gasteiger partial charge in [0.2, 0.25) is 35.4 Å². The van der Waals surface area contributed by atoms with E-state index < -0.39 is 190 Å². The number of nitrogens with one attached hydrogen (secondary N) is 6. The molecule has 4 aliphatic rings. The number of hydrogen-bond donors (Lipinski definition) is 19. The smallest absolute Gasteiger partial charge is 0.237 e. The monoisotopic (exact) mass is 1280 g/mol. The number of hydrogen-bond acceptors (Lipinski definition) is 29. The van der Waals surface area contributed by atoms with E-state index in [4.69, 9.17) is 43.6 Å². The highest BCUT2D eigenvalue weighted by molar-refractivity contribution is 5.86. The van der Waals surface area contributed by atoms with E-state index in [1.165, 1.54) is 37.5 Å². The molecular formula is C53H97N9O26. The van der Waals surface area contributed by atoms with Gasteiger partial charge in [0, 0.05) is 39.3 Å². The summed E-state index contributed by atoms with van der Waals surface area (Å²) in [6, 6.07) is -1.29. The molecule has 0 aromatic carbocycles. The van der Waals surface area contributed by atoms with Gasteiger partial charge in [0.15, 0.2) is 25.2 Å². The lowest BCUT2D eigenvalue weighted by molar-refractivity contribution is -0.292. The minimum absolute atomic E-state index is 0.00282. The molecule has 21 atom stereocenters. The van der Waals surface area contributed by atoms with E-state index in [9.17, 15) is 90.0 Å². The van der Waals surface area contributed by atoms with E-state index in [1.807, 2.05) is 0 Å². The summed E-state index contributed by atoms with van der Waals surface area (Å²) in [4.78, 5) is 83.7. The van der Waals surface area contributed by atoms with Crippen molar-refractivity contribution in [1.29, 1.82) is 0 Å². The maximum absolute atomic E-state index is 14.3. The highest BCUT2D eigenvalue weighted by atomic mass is 16.7. The fourth-order valence-corrected chi connectivity index (χ4v) is 9.71. The first-order valence-electron chi connectivity index (χ1n) is 29.8. The van der Waals surface area contributed by atoms with Crippen LogP contribution in [0.4, 0.5) is 0 Å². The van der Waals surface area contributed by atoms with Gasteiger partial charge in [0.05, 0.1) is 89.6 Å². The molecule has 0 aromatic rings. The fraction of sp³-hybridized carbons (Fsp3) is 0.887. The van der Waals surface area contributed by atoms with Crippen LogP contribution < -0.4 is 37.6 Å². The number of aliphatic hydroxyl groups is 12. The molecule has 20 N–H and O–H groups in total. The van der Waals surface area contributed by atoms with Crippen molar-refractivity contribution < 1.29 is 128 Å². The van der Waals surface area contributed by atoms with Crippen LogP contribution in [0.15, 0.2) is 0 Å². The normalized spacial score (nSPS) is 32.9. The van der Waals surface area contributed by atoms with E-state index in [0.717, 1.165) is 12.8 Å². The molecule has 0 unspecified atom stereocenters. The maximum atomic E-state index is 14.3. The molecule has 6 amide bonds. The number of amides is 6. The summed E-state index contributed by atoms with van der Waals surface area (Å²) in [5.41, 5.74) is 5.57. The Morgan fingerprint density at radius 2 is 0.659 bits per heavy atom. The molecule has 0 saturated carbocycles. The number of nitrogens with two attached hydrogens (primary N) is 1. The summed E-state index contributed by atoms with van der Waals surface area (Å²) in [6.07, 6.45) is -24.9. The van der Waals surface area contributed by atoms with Crippen LogP contribution in [-0.4, -0.2) is 340 Å². The fourth-order valence-electron chi connectivity index (χ4n) is 9.71. The second-order valence-corrected chi connectivity index (χ2v) is 22.2. The average molecular weight is 1280 g/mol. The molecule has 4 fully saturated rings. The van der Waals surface area contributed by atoms with Crippen molar-refractivity contribution in [1.82, 2.24) is 41.7 Å². The SMILES string of the molecule is C[C@@H]1O[C@@H](OCCNC(=O)CN(CC(=O)NCCO[C@@H]2O[C@@H](C)[C@@H](O)[C@@H](O)[C@@H]2O)[C@@H](CCCCNC(=O)CN(CC(=O)NCCCCCN)CC(=O)NCCO[C@H]2O[C@H](C)[C@H](O)[C@H](O)[C@H]2O)C(=O)NCCO[C@@H]2O[C@@H](C)[C@@H](O)[C@@H](O)[C@@H]2O)[C@@H](O)[C@H](O)[C@@H]1O. The first-order chi connectivity index (χ1) is 41.7. The second kappa shape index (κ2) is 39.3. The van der Waals surface area contributed by atoms with Gasteiger partial charge in [-0.25, -0.2) is 0 Å². The molecule has 88 heavy (non-hydrogen) atoms. The van der Waals surface area contributed by atoms with Gasteiger partial charge in [-0.3, -0.25) is 38.6 Å². The van der Waals surface area contributed by atoms with E-state index in [-0.39, 0.29) is 85.0 Å². The third-order valence-corrected chi connectivity index (χ3v) is 15.0. The molecule has 35 heteroatoms. The van der Waals surface area contributed by atoms with Gasteiger partial charge in [-0.2, -0.15) is 0 Å². The third-order valence-electron chi connectivity index (χ3n) is 15.0. The number of ether oxygens (including phenoxy) is 8. The predicted molar refractivity (Wildman–Crippen MR) is 300 cm³/mol. The van der Waals surface area contributed by atoms with Crippen LogP contribution in [0, 0.1) is 0 Å². The van der Waals surface area contributed by atoms with Gasteiger partial charge in [-0.1, -0.05) is 6.42 Å². The first-order valence-corrected chi connectivity index (χ1v) is 29.8. The Labute approximate surface area is 509 Å². The van der Waals surface area contributed by atoms with Crippen molar-refractivity contribution in [2.45, 2.75) is 195 Å².